The van der Waals surface area contributed by atoms with Crippen molar-refractivity contribution in [2.75, 3.05) is 11.9 Å². The van der Waals surface area contributed by atoms with Crippen LogP contribution >= 0.6 is 11.6 Å². The first-order chi connectivity index (χ1) is 11.5. The van der Waals surface area contributed by atoms with Crippen LogP contribution in [0, 0.1) is 5.82 Å². The Balaban J connectivity index is 1.73. The molecule has 1 aromatic carbocycles. The highest BCUT2D eigenvalue weighted by Gasteiger charge is 2.25. The van der Waals surface area contributed by atoms with Crippen LogP contribution in [0.4, 0.5) is 14.9 Å². The molecule has 1 saturated carbocycles. The van der Waals surface area contributed by atoms with E-state index in [0.29, 0.717) is 12.3 Å². The summed E-state index contributed by atoms with van der Waals surface area (Å²) in [5.41, 5.74) is 0.121. The van der Waals surface area contributed by atoms with E-state index in [1.165, 1.54) is 12.1 Å². The SMILES string of the molecule is CC1CCCCN1C(=O)Nc1cc(OC2CCCC2)c(Cl)cc1F. The van der Waals surface area contributed by atoms with Gasteiger partial charge in [0.2, 0.25) is 0 Å². The summed E-state index contributed by atoms with van der Waals surface area (Å²) >= 11 is 6.10. The number of carbonyl (C=O) groups is 1. The predicted molar refractivity (Wildman–Crippen MR) is 93.3 cm³/mol. The molecule has 2 amide bonds. The first kappa shape index (κ1) is 17.3. The van der Waals surface area contributed by atoms with E-state index in [9.17, 15) is 9.18 Å². The van der Waals surface area contributed by atoms with Gasteiger partial charge in [-0.1, -0.05) is 11.6 Å². The lowest BCUT2D eigenvalue weighted by Crippen LogP contribution is -2.44. The van der Waals surface area contributed by atoms with Crippen molar-refractivity contribution in [3.63, 3.8) is 0 Å². The van der Waals surface area contributed by atoms with E-state index >= 15 is 0 Å². The summed E-state index contributed by atoms with van der Waals surface area (Å²) in [4.78, 5) is 14.2. The Morgan fingerprint density at radius 2 is 1.96 bits per heavy atom. The molecule has 2 aliphatic rings. The third-order valence-corrected chi connectivity index (χ3v) is 5.22. The summed E-state index contributed by atoms with van der Waals surface area (Å²) in [6.45, 7) is 2.72. The number of nitrogens with one attached hydrogen (secondary N) is 1. The van der Waals surface area contributed by atoms with E-state index in [1.807, 2.05) is 6.92 Å². The van der Waals surface area contributed by atoms with Gasteiger partial charge in [-0.3, -0.25) is 0 Å². The number of anilines is 1. The number of halogens is 2. The van der Waals surface area contributed by atoms with E-state index in [2.05, 4.69) is 5.32 Å². The summed E-state index contributed by atoms with van der Waals surface area (Å²) in [6, 6.07) is 2.61. The van der Waals surface area contributed by atoms with E-state index < -0.39 is 5.82 Å². The number of hydrogen-bond donors (Lipinski definition) is 1. The highest BCUT2D eigenvalue weighted by molar-refractivity contribution is 6.32. The molecule has 1 N–H and O–H groups in total. The zero-order valence-corrected chi connectivity index (χ0v) is 14.7. The van der Waals surface area contributed by atoms with Gasteiger partial charge in [0.15, 0.2) is 0 Å². The molecule has 1 aliphatic carbocycles. The minimum Gasteiger partial charge on any atom is -0.489 e. The summed E-state index contributed by atoms with van der Waals surface area (Å²) in [5.74, 6) is -0.108. The van der Waals surface area contributed by atoms with Gasteiger partial charge in [-0.05, 0) is 57.9 Å². The first-order valence-corrected chi connectivity index (χ1v) is 9.15. The van der Waals surface area contributed by atoms with Crippen LogP contribution in [0.25, 0.3) is 0 Å². The fourth-order valence-corrected chi connectivity index (χ4v) is 3.68. The number of carbonyl (C=O) groups excluding carboxylic acids is 1. The quantitative estimate of drug-likeness (QED) is 0.809. The Hall–Kier alpha value is -1.49. The summed E-state index contributed by atoms with van der Waals surface area (Å²) in [6.07, 6.45) is 7.46. The molecule has 0 radical (unpaired) electrons. The lowest BCUT2D eigenvalue weighted by atomic mass is 10.0. The van der Waals surface area contributed by atoms with Gasteiger partial charge in [-0.15, -0.1) is 0 Å². The Labute approximate surface area is 147 Å². The third kappa shape index (κ3) is 3.94. The van der Waals surface area contributed by atoms with Crippen molar-refractivity contribution in [2.24, 2.45) is 0 Å². The lowest BCUT2D eigenvalue weighted by molar-refractivity contribution is 0.170. The van der Waals surface area contributed by atoms with Crippen LogP contribution in [-0.4, -0.2) is 29.6 Å². The summed E-state index contributed by atoms with van der Waals surface area (Å²) in [7, 11) is 0. The predicted octanol–water partition coefficient (Wildman–Crippen LogP) is 5.21. The van der Waals surface area contributed by atoms with Crippen molar-refractivity contribution in [3.8, 4) is 5.75 Å². The molecule has 1 aliphatic heterocycles. The Kier molecular flexibility index (Phi) is 5.49. The van der Waals surface area contributed by atoms with Crippen LogP contribution in [0.2, 0.25) is 5.02 Å². The highest BCUT2D eigenvalue weighted by Crippen LogP contribution is 2.34. The number of amides is 2. The minimum absolute atomic E-state index is 0.121. The second-order valence-corrected chi connectivity index (χ2v) is 7.16. The lowest BCUT2D eigenvalue weighted by Gasteiger charge is -2.33. The number of nitrogens with zero attached hydrogens (tertiary/aromatic N) is 1. The summed E-state index contributed by atoms with van der Waals surface area (Å²) < 4.78 is 20.1. The van der Waals surface area contributed by atoms with Crippen molar-refractivity contribution >= 4 is 23.3 Å². The van der Waals surface area contributed by atoms with Crippen LogP contribution < -0.4 is 10.1 Å². The second-order valence-electron chi connectivity index (χ2n) is 6.76. The van der Waals surface area contributed by atoms with Gasteiger partial charge in [0.25, 0.3) is 0 Å². The topological polar surface area (TPSA) is 41.6 Å². The molecule has 1 unspecified atom stereocenters. The van der Waals surface area contributed by atoms with Gasteiger partial charge >= 0.3 is 6.03 Å². The Morgan fingerprint density at radius 3 is 2.67 bits per heavy atom. The monoisotopic (exact) mass is 354 g/mol. The summed E-state index contributed by atoms with van der Waals surface area (Å²) in [5, 5.41) is 2.92. The Morgan fingerprint density at radius 1 is 1.25 bits per heavy atom. The molecule has 0 aromatic heterocycles. The molecule has 1 atom stereocenters. The average molecular weight is 355 g/mol. The molecule has 0 bridgehead atoms. The van der Waals surface area contributed by atoms with Gasteiger partial charge in [0.1, 0.15) is 11.6 Å². The van der Waals surface area contributed by atoms with Gasteiger partial charge in [0.05, 0.1) is 16.8 Å². The molecule has 0 spiro atoms. The van der Waals surface area contributed by atoms with Crippen LogP contribution in [0.5, 0.6) is 5.75 Å². The van der Waals surface area contributed by atoms with Crippen molar-refractivity contribution in [3.05, 3.63) is 23.0 Å². The van der Waals surface area contributed by atoms with Crippen LogP contribution in [0.3, 0.4) is 0 Å². The first-order valence-electron chi connectivity index (χ1n) is 8.78. The van der Waals surface area contributed by atoms with E-state index in [0.717, 1.165) is 44.9 Å². The smallest absolute Gasteiger partial charge is 0.322 e. The average Bonchev–Trinajstić information content (AvgIpc) is 3.05. The van der Waals surface area contributed by atoms with Crippen LogP contribution in [0.15, 0.2) is 12.1 Å². The maximum absolute atomic E-state index is 14.2. The van der Waals surface area contributed by atoms with Crippen molar-refractivity contribution in [1.82, 2.24) is 4.90 Å². The molecule has 1 aromatic rings. The number of rotatable bonds is 3. The molecular formula is C18H24ClFN2O2. The third-order valence-electron chi connectivity index (χ3n) is 4.92. The largest absolute Gasteiger partial charge is 0.489 e. The number of piperidine rings is 1. The number of benzene rings is 1. The molecule has 6 heteroatoms. The van der Waals surface area contributed by atoms with Gasteiger partial charge in [0, 0.05) is 18.7 Å². The minimum atomic E-state index is -0.545. The van der Waals surface area contributed by atoms with E-state index in [1.54, 1.807) is 4.90 Å². The molecule has 24 heavy (non-hydrogen) atoms. The van der Waals surface area contributed by atoms with E-state index in [-0.39, 0.29) is 28.9 Å². The fourth-order valence-electron chi connectivity index (χ4n) is 3.49. The van der Waals surface area contributed by atoms with Crippen molar-refractivity contribution in [2.45, 2.75) is 64.0 Å². The standard InChI is InChI=1S/C18H24ClFN2O2/c1-12-6-4-5-9-22(12)18(23)21-16-11-17(14(19)10-15(16)20)24-13-7-2-3-8-13/h10-13H,2-9H2,1H3,(H,21,23). The van der Waals surface area contributed by atoms with Gasteiger partial charge < -0.3 is 15.0 Å². The number of hydrogen-bond acceptors (Lipinski definition) is 2. The van der Waals surface area contributed by atoms with Gasteiger partial charge in [-0.25, -0.2) is 9.18 Å². The van der Waals surface area contributed by atoms with Crippen molar-refractivity contribution in [1.29, 1.82) is 0 Å². The number of likely N-dealkylation sites (tertiary alicyclic amines) is 1. The molecule has 132 valence electrons. The highest BCUT2D eigenvalue weighted by atomic mass is 35.5. The number of urea groups is 1. The Bertz CT molecular complexity index is 605. The maximum atomic E-state index is 14.2. The molecule has 2 fully saturated rings. The number of ether oxygens (including phenoxy) is 1. The van der Waals surface area contributed by atoms with Crippen molar-refractivity contribution < 1.29 is 13.9 Å². The van der Waals surface area contributed by atoms with Crippen LogP contribution in [-0.2, 0) is 0 Å². The molecule has 1 heterocycles. The fraction of sp³-hybridized carbons (Fsp3) is 0.611. The zero-order chi connectivity index (χ0) is 17.1. The molecule has 1 saturated heterocycles. The normalized spacial score (nSPS) is 21.8. The molecular weight excluding hydrogens is 331 g/mol. The zero-order valence-electron chi connectivity index (χ0n) is 14.0. The van der Waals surface area contributed by atoms with Crippen LogP contribution in [0.1, 0.15) is 51.9 Å². The second kappa shape index (κ2) is 7.60. The maximum Gasteiger partial charge on any atom is 0.322 e. The molecule has 4 nitrogen and oxygen atoms in total. The molecule has 3 rings (SSSR count). The van der Waals surface area contributed by atoms with E-state index in [4.69, 9.17) is 16.3 Å². The van der Waals surface area contributed by atoms with Gasteiger partial charge in [-0.2, -0.15) is 0 Å².